The second kappa shape index (κ2) is 6.41. The molecule has 0 spiro atoms. The molecule has 1 N–H and O–H groups in total. The summed E-state index contributed by atoms with van der Waals surface area (Å²) in [4.78, 5) is 13.7. The summed E-state index contributed by atoms with van der Waals surface area (Å²) in [5, 5.41) is 10.1. The van der Waals surface area contributed by atoms with E-state index >= 15 is 0 Å². The van der Waals surface area contributed by atoms with Gasteiger partial charge < -0.3 is 10.0 Å². The van der Waals surface area contributed by atoms with Crippen LogP contribution < -0.4 is 0 Å². The summed E-state index contributed by atoms with van der Waals surface area (Å²) in [5.74, 6) is 0.456. The van der Waals surface area contributed by atoms with Crippen LogP contribution in [-0.4, -0.2) is 22.5 Å². The third-order valence-corrected chi connectivity index (χ3v) is 4.37. The largest absolute Gasteiger partial charge is 0.508 e. The first-order valence-electron chi connectivity index (χ1n) is 7.46. The first kappa shape index (κ1) is 14.9. The minimum Gasteiger partial charge on any atom is -0.508 e. The normalized spacial score (nSPS) is 17.4. The number of nitrogens with zero attached hydrogens (tertiary/aromatic N) is 1. The van der Waals surface area contributed by atoms with E-state index in [1.807, 2.05) is 41.3 Å². The maximum atomic E-state index is 11.8. The maximum absolute atomic E-state index is 11.8. The van der Waals surface area contributed by atoms with Crippen LogP contribution in [0.4, 0.5) is 0 Å². The van der Waals surface area contributed by atoms with E-state index in [9.17, 15) is 9.90 Å². The standard InChI is InChI=1S/C18H18ClNO2/c19-15-7-3-13(4-8-15)2-1-11-20-17(12-18(20)22)14-5-9-16(21)10-6-14/h3-10,17,21H,1-2,11-12H2/t17-/m0/s1. The second-order valence-corrected chi connectivity index (χ2v) is 6.07. The lowest BCUT2D eigenvalue weighted by atomic mass is 9.93. The minimum atomic E-state index is 0.151. The second-order valence-electron chi connectivity index (χ2n) is 5.63. The Morgan fingerprint density at radius 1 is 1.09 bits per heavy atom. The molecule has 114 valence electrons. The molecule has 1 aliphatic heterocycles. The number of phenols is 1. The number of amides is 1. The van der Waals surface area contributed by atoms with Gasteiger partial charge in [0.2, 0.25) is 5.91 Å². The van der Waals surface area contributed by atoms with Gasteiger partial charge in [-0.3, -0.25) is 4.79 Å². The fourth-order valence-corrected chi connectivity index (χ4v) is 2.96. The van der Waals surface area contributed by atoms with Crippen molar-refractivity contribution in [1.29, 1.82) is 0 Å². The number of aryl methyl sites for hydroxylation is 1. The molecule has 0 saturated carbocycles. The van der Waals surface area contributed by atoms with Gasteiger partial charge in [0, 0.05) is 11.6 Å². The van der Waals surface area contributed by atoms with Gasteiger partial charge in [-0.05, 0) is 48.2 Å². The molecule has 1 aliphatic rings. The number of benzene rings is 2. The monoisotopic (exact) mass is 315 g/mol. The molecule has 2 aromatic rings. The number of likely N-dealkylation sites (tertiary alicyclic amines) is 1. The number of rotatable bonds is 5. The fourth-order valence-electron chi connectivity index (χ4n) is 2.83. The molecule has 0 aromatic heterocycles. The summed E-state index contributed by atoms with van der Waals surface area (Å²) in [5.41, 5.74) is 2.32. The lowest BCUT2D eigenvalue weighted by Crippen LogP contribution is -2.46. The molecule has 0 bridgehead atoms. The van der Waals surface area contributed by atoms with Crippen LogP contribution in [0, 0.1) is 0 Å². The molecular weight excluding hydrogens is 298 g/mol. The lowest BCUT2D eigenvalue weighted by Gasteiger charge is -2.41. The van der Waals surface area contributed by atoms with Crippen molar-refractivity contribution in [2.75, 3.05) is 6.54 Å². The van der Waals surface area contributed by atoms with Crippen molar-refractivity contribution in [2.45, 2.75) is 25.3 Å². The van der Waals surface area contributed by atoms with E-state index in [0.717, 1.165) is 30.0 Å². The Morgan fingerprint density at radius 2 is 1.77 bits per heavy atom. The molecule has 0 radical (unpaired) electrons. The van der Waals surface area contributed by atoms with Crippen molar-refractivity contribution >= 4 is 17.5 Å². The summed E-state index contributed by atoms with van der Waals surface area (Å²) in [6.07, 6.45) is 2.43. The van der Waals surface area contributed by atoms with Crippen LogP contribution in [0.3, 0.4) is 0 Å². The van der Waals surface area contributed by atoms with Crippen molar-refractivity contribution in [3.63, 3.8) is 0 Å². The van der Waals surface area contributed by atoms with Gasteiger partial charge in [-0.1, -0.05) is 35.9 Å². The first-order valence-corrected chi connectivity index (χ1v) is 7.84. The molecule has 3 rings (SSSR count). The van der Waals surface area contributed by atoms with Gasteiger partial charge in [0.15, 0.2) is 0 Å². The molecule has 1 amide bonds. The quantitative estimate of drug-likeness (QED) is 0.849. The molecule has 4 heteroatoms. The third kappa shape index (κ3) is 3.25. The van der Waals surface area contributed by atoms with E-state index in [2.05, 4.69) is 0 Å². The van der Waals surface area contributed by atoms with Crippen LogP contribution >= 0.6 is 11.6 Å². The highest BCUT2D eigenvalue weighted by Gasteiger charge is 2.36. The van der Waals surface area contributed by atoms with E-state index in [1.165, 1.54) is 5.56 Å². The zero-order valence-corrected chi connectivity index (χ0v) is 13.0. The molecule has 2 aromatic carbocycles. The van der Waals surface area contributed by atoms with E-state index in [-0.39, 0.29) is 17.7 Å². The summed E-state index contributed by atoms with van der Waals surface area (Å²) >= 11 is 5.87. The molecule has 1 atom stereocenters. The van der Waals surface area contributed by atoms with Crippen LogP contribution in [0.5, 0.6) is 5.75 Å². The van der Waals surface area contributed by atoms with E-state index in [0.29, 0.717) is 6.42 Å². The number of hydrogen-bond donors (Lipinski definition) is 1. The predicted molar refractivity (Wildman–Crippen MR) is 87.0 cm³/mol. The summed E-state index contributed by atoms with van der Waals surface area (Å²) in [6, 6.07) is 15.1. The van der Waals surface area contributed by atoms with Gasteiger partial charge in [0.25, 0.3) is 0 Å². The summed E-state index contributed by atoms with van der Waals surface area (Å²) < 4.78 is 0. The van der Waals surface area contributed by atoms with E-state index < -0.39 is 0 Å². The van der Waals surface area contributed by atoms with Gasteiger partial charge in [0.05, 0.1) is 12.5 Å². The Bertz CT molecular complexity index is 652. The van der Waals surface area contributed by atoms with E-state index in [4.69, 9.17) is 11.6 Å². The van der Waals surface area contributed by atoms with Gasteiger partial charge in [-0.2, -0.15) is 0 Å². The van der Waals surface area contributed by atoms with Gasteiger partial charge in [-0.25, -0.2) is 0 Å². The highest BCUT2D eigenvalue weighted by atomic mass is 35.5. The number of carbonyl (C=O) groups is 1. The Hall–Kier alpha value is -2.00. The molecule has 1 heterocycles. The Morgan fingerprint density at radius 3 is 2.41 bits per heavy atom. The molecule has 0 unspecified atom stereocenters. The van der Waals surface area contributed by atoms with Gasteiger partial charge in [-0.15, -0.1) is 0 Å². The number of aromatic hydroxyl groups is 1. The number of halogens is 1. The van der Waals surface area contributed by atoms with Crippen molar-refractivity contribution in [3.8, 4) is 5.75 Å². The van der Waals surface area contributed by atoms with Crippen molar-refractivity contribution < 1.29 is 9.90 Å². The Kier molecular flexibility index (Phi) is 4.34. The number of β-lactam (4-membered cyclic amide) rings is 1. The number of phenolic OH excluding ortho intramolecular Hbond substituents is 1. The topological polar surface area (TPSA) is 40.5 Å². The first-order chi connectivity index (χ1) is 10.6. The smallest absolute Gasteiger partial charge is 0.225 e. The zero-order chi connectivity index (χ0) is 15.5. The number of carbonyl (C=O) groups excluding carboxylic acids is 1. The van der Waals surface area contributed by atoms with Crippen molar-refractivity contribution in [2.24, 2.45) is 0 Å². The van der Waals surface area contributed by atoms with Gasteiger partial charge >= 0.3 is 0 Å². The minimum absolute atomic E-state index is 0.151. The average Bonchev–Trinajstić information content (AvgIpc) is 2.52. The molecule has 1 fully saturated rings. The Labute approximate surface area is 135 Å². The molecule has 3 nitrogen and oxygen atoms in total. The predicted octanol–water partition coefficient (Wildman–Crippen LogP) is 3.95. The number of hydrogen-bond acceptors (Lipinski definition) is 2. The highest BCUT2D eigenvalue weighted by molar-refractivity contribution is 6.30. The van der Waals surface area contributed by atoms with Crippen LogP contribution in [0.2, 0.25) is 5.02 Å². The van der Waals surface area contributed by atoms with Crippen molar-refractivity contribution in [3.05, 3.63) is 64.7 Å². The Balaban J connectivity index is 1.55. The summed E-state index contributed by atoms with van der Waals surface area (Å²) in [7, 11) is 0. The van der Waals surface area contributed by atoms with Crippen LogP contribution in [0.1, 0.15) is 30.0 Å². The van der Waals surface area contributed by atoms with Crippen molar-refractivity contribution in [1.82, 2.24) is 4.90 Å². The lowest BCUT2D eigenvalue weighted by molar-refractivity contribution is -0.146. The fraction of sp³-hybridized carbons (Fsp3) is 0.278. The summed E-state index contributed by atoms with van der Waals surface area (Å²) in [6.45, 7) is 0.757. The molecule has 22 heavy (non-hydrogen) atoms. The maximum Gasteiger partial charge on any atom is 0.225 e. The highest BCUT2D eigenvalue weighted by Crippen LogP contribution is 2.35. The molecular formula is C18H18ClNO2. The van der Waals surface area contributed by atoms with E-state index in [1.54, 1.807) is 12.1 Å². The van der Waals surface area contributed by atoms with Gasteiger partial charge in [0.1, 0.15) is 5.75 Å². The van der Waals surface area contributed by atoms with Crippen LogP contribution in [0.25, 0.3) is 0 Å². The van der Waals surface area contributed by atoms with Crippen LogP contribution in [0.15, 0.2) is 48.5 Å². The third-order valence-electron chi connectivity index (χ3n) is 4.12. The zero-order valence-electron chi connectivity index (χ0n) is 12.2. The molecule has 1 saturated heterocycles. The average molecular weight is 316 g/mol. The SMILES string of the molecule is O=C1C[C@@H](c2ccc(O)cc2)N1CCCc1ccc(Cl)cc1. The molecule has 0 aliphatic carbocycles. The van der Waals surface area contributed by atoms with Crippen LogP contribution in [-0.2, 0) is 11.2 Å².